The first-order valence-corrected chi connectivity index (χ1v) is 8.54. The second-order valence-corrected chi connectivity index (χ2v) is 6.87. The first-order valence-electron chi connectivity index (χ1n) is 8.54. The first-order chi connectivity index (χ1) is 12.1. The maximum Gasteiger partial charge on any atom is 0.252 e. The van der Waals surface area contributed by atoms with E-state index in [1.165, 1.54) is 6.33 Å². The number of hydrogen-bond acceptors (Lipinski definition) is 5. The van der Waals surface area contributed by atoms with Crippen LogP contribution in [-0.4, -0.2) is 58.2 Å². The molecule has 130 valence electrons. The van der Waals surface area contributed by atoms with E-state index in [2.05, 4.69) is 38.2 Å². The van der Waals surface area contributed by atoms with Crippen molar-refractivity contribution < 1.29 is 9.53 Å². The molecule has 2 fully saturated rings. The number of nitrogens with two attached hydrogens (primary N) is 1. The highest BCUT2D eigenvalue weighted by Gasteiger charge is 2.43. The van der Waals surface area contributed by atoms with Gasteiger partial charge >= 0.3 is 0 Å². The quantitative estimate of drug-likeness (QED) is 0.833. The van der Waals surface area contributed by atoms with Crippen molar-refractivity contribution in [3.8, 4) is 11.8 Å². The number of morpholine rings is 1. The molecule has 0 aromatic carbocycles. The van der Waals surface area contributed by atoms with E-state index in [1.54, 1.807) is 6.20 Å². The molecule has 2 N–H and O–H groups in total. The van der Waals surface area contributed by atoms with Gasteiger partial charge in [-0.2, -0.15) is 0 Å². The lowest BCUT2D eigenvalue weighted by Crippen LogP contribution is -2.36. The molecule has 0 bridgehead atoms. The van der Waals surface area contributed by atoms with E-state index in [9.17, 15) is 4.79 Å². The molecule has 0 atom stereocenters. The Hall–Kier alpha value is -2.43. The molecule has 0 radical (unpaired) electrons. The molecule has 3 heterocycles. The SMILES string of the molecule is CC1(n2c(C#CCN3CCOCC3)c(C(N)=O)c3cncnc32)CC1. The lowest BCUT2D eigenvalue weighted by atomic mass is 10.1. The van der Waals surface area contributed by atoms with Gasteiger partial charge in [0, 0.05) is 24.8 Å². The van der Waals surface area contributed by atoms with Gasteiger partial charge in [-0.1, -0.05) is 5.92 Å². The fraction of sp³-hybridized carbons (Fsp3) is 0.500. The van der Waals surface area contributed by atoms with Crippen LogP contribution >= 0.6 is 0 Å². The van der Waals surface area contributed by atoms with Crippen molar-refractivity contribution in [2.24, 2.45) is 5.73 Å². The zero-order valence-corrected chi connectivity index (χ0v) is 14.3. The summed E-state index contributed by atoms with van der Waals surface area (Å²) in [4.78, 5) is 22.8. The topological polar surface area (TPSA) is 86.3 Å². The van der Waals surface area contributed by atoms with Crippen LogP contribution in [0.4, 0.5) is 0 Å². The summed E-state index contributed by atoms with van der Waals surface area (Å²) in [6.45, 7) is 6.04. The highest BCUT2D eigenvalue weighted by molar-refractivity contribution is 6.07. The van der Waals surface area contributed by atoms with Crippen LogP contribution in [-0.2, 0) is 10.3 Å². The van der Waals surface area contributed by atoms with E-state index in [-0.39, 0.29) is 5.54 Å². The molecule has 1 saturated heterocycles. The van der Waals surface area contributed by atoms with Crippen LogP contribution in [0, 0.1) is 11.8 Å². The van der Waals surface area contributed by atoms with Crippen molar-refractivity contribution >= 4 is 16.9 Å². The second kappa shape index (κ2) is 6.14. The molecule has 2 aromatic heterocycles. The van der Waals surface area contributed by atoms with E-state index in [0.29, 0.717) is 23.2 Å². The molecule has 0 spiro atoms. The zero-order chi connectivity index (χ0) is 17.4. The minimum Gasteiger partial charge on any atom is -0.379 e. The molecule has 7 heteroatoms. The summed E-state index contributed by atoms with van der Waals surface area (Å²) in [7, 11) is 0. The Morgan fingerprint density at radius 3 is 2.84 bits per heavy atom. The van der Waals surface area contributed by atoms with Crippen molar-refractivity contribution in [1.82, 2.24) is 19.4 Å². The molecular formula is C18H21N5O2. The summed E-state index contributed by atoms with van der Waals surface area (Å²) in [6, 6.07) is 0. The van der Waals surface area contributed by atoms with Crippen LogP contribution in [0.15, 0.2) is 12.5 Å². The number of hydrogen-bond donors (Lipinski definition) is 1. The van der Waals surface area contributed by atoms with Gasteiger partial charge in [-0.25, -0.2) is 9.97 Å². The fourth-order valence-corrected chi connectivity index (χ4v) is 3.32. The van der Waals surface area contributed by atoms with Crippen molar-refractivity contribution in [2.75, 3.05) is 32.8 Å². The largest absolute Gasteiger partial charge is 0.379 e. The monoisotopic (exact) mass is 339 g/mol. The van der Waals surface area contributed by atoms with Gasteiger partial charge in [0.05, 0.1) is 30.7 Å². The molecule has 25 heavy (non-hydrogen) atoms. The van der Waals surface area contributed by atoms with Crippen molar-refractivity contribution in [3.63, 3.8) is 0 Å². The molecule has 1 aliphatic heterocycles. The van der Waals surface area contributed by atoms with Crippen LogP contribution in [0.5, 0.6) is 0 Å². The average Bonchev–Trinajstić information content (AvgIpc) is 3.25. The zero-order valence-electron chi connectivity index (χ0n) is 14.3. The number of amides is 1. The number of carbonyl (C=O) groups excluding carboxylic acids is 1. The summed E-state index contributed by atoms with van der Waals surface area (Å²) in [5, 5.41) is 0.679. The van der Waals surface area contributed by atoms with Gasteiger partial charge in [-0.3, -0.25) is 9.69 Å². The van der Waals surface area contributed by atoms with Crippen molar-refractivity contribution in [1.29, 1.82) is 0 Å². The predicted molar refractivity (Wildman–Crippen MR) is 93.1 cm³/mol. The average molecular weight is 339 g/mol. The lowest BCUT2D eigenvalue weighted by Gasteiger charge is -2.24. The number of primary amides is 1. The molecule has 1 amide bonds. The Kier molecular flexibility index (Phi) is 3.94. The standard InChI is InChI=1S/C18H21N5O2/c1-18(4-5-18)23-14(3-2-6-22-7-9-25-10-8-22)15(16(19)24)13-11-20-12-21-17(13)23/h11-12H,4-10H2,1H3,(H2,19,24). The molecular weight excluding hydrogens is 318 g/mol. The van der Waals surface area contributed by atoms with Gasteiger partial charge < -0.3 is 15.0 Å². The number of ether oxygens (including phenoxy) is 1. The number of nitrogens with zero attached hydrogens (tertiary/aromatic N) is 4. The molecule has 0 unspecified atom stereocenters. The van der Waals surface area contributed by atoms with E-state index in [4.69, 9.17) is 10.5 Å². The fourth-order valence-electron chi connectivity index (χ4n) is 3.32. The second-order valence-electron chi connectivity index (χ2n) is 6.87. The van der Waals surface area contributed by atoms with Crippen LogP contribution in [0.1, 0.15) is 35.8 Å². The van der Waals surface area contributed by atoms with Crippen LogP contribution in [0.2, 0.25) is 0 Å². The number of fused-ring (bicyclic) bond motifs is 1. The molecule has 7 nitrogen and oxygen atoms in total. The summed E-state index contributed by atoms with van der Waals surface area (Å²) in [5.41, 5.74) is 7.45. The Labute approximate surface area is 146 Å². The smallest absolute Gasteiger partial charge is 0.252 e. The molecule has 2 aromatic rings. The highest BCUT2D eigenvalue weighted by Crippen LogP contribution is 2.46. The van der Waals surface area contributed by atoms with E-state index in [0.717, 1.165) is 44.8 Å². The Morgan fingerprint density at radius 1 is 1.40 bits per heavy atom. The third-order valence-corrected chi connectivity index (χ3v) is 5.01. The molecule has 4 rings (SSSR count). The van der Waals surface area contributed by atoms with Crippen LogP contribution in [0.25, 0.3) is 11.0 Å². The Morgan fingerprint density at radius 2 is 2.16 bits per heavy atom. The lowest BCUT2D eigenvalue weighted by molar-refractivity contribution is 0.0443. The number of rotatable bonds is 3. The molecule has 2 aliphatic rings. The third-order valence-electron chi connectivity index (χ3n) is 5.01. The van der Waals surface area contributed by atoms with Gasteiger partial charge in [0.1, 0.15) is 17.7 Å². The maximum atomic E-state index is 12.1. The summed E-state index contributed by atoms with van der Waals surface area (Å²) >= 11 is 0. The van der Waals surface area contributed by atoms with Crippen molar-refractivity contribution in [2.45, 2.75) is 25.3 Å². The van der Waals surface area contributed by atoms with Crippen LogP contribution < -0.4 is 5.73 Å². The van der Waals surface area contributed by atoms with Gasteiger partial charge in [0.15, 0.2) is 0 Å². The van der Waals surface area contributed by atoms with Gasteiger partial charge in [-0.15, -0.1) is 0 Å². The van der Waals surface area contributed by atoms with Gasteiger partial charge in [0.25, 0.3) is 5.91 Å². The van der Waals surface area contributed by atoms with E-state index < -0.39 is 5.91 Å². The maximum absolute atomic E-state index is 12.1. The van der Waals surface area contributed by atoms with E-state index in [1.807, 2.05) is 0 Å². The normalized spacial score (nSPS) is 19.4. The van der Waals surface area contributed by atoms with Crippen LogP contribution in [0.3, 0.4) is 0 Å². The summed E-state index contributed by atoms with van der Waals surface area (Å²) in [5.74, 6) is 5.93. The Bertz CT molecular complexity index is 882. The number of carbonyl (C=O) groups is 1. The molecule has 1 aliphatic carbocycles. The minimum absolute atomic E-state index is 0.0523. The number of aromatic nitrogens is 3. The summed E-state index contributed by atoms with van der Waals surface area (Å²) < 4.78 is 7.44. The third kappa shape index (κ3) is 2.88. The first kappa shape index (κ1) is 16.1. The van der Waals surface area contributed by atoms with E-state index >= 15 is 0 Å². The highest BCUT2D eigenvalue weighted by atomic mass is 16.5. The van der Waals surface area contributed by atoms with Gasteiger partial charge in [-0.05, 0) is 25.7 Å². The minimum atomic E-state index is -0.488. The van der Waals surface area contributed by atoms with Crippen molar-refractivity contribution in [3.05, 3.63) is 23.8 Å². The van der Waals surface area contributed by atoms with Gasteiger partial charge in [0.2, 0.25) is 0 Å². The summed E-state index contributed by atoms with van der Waals surface area (Å²) in [6.07, 6.45) is 5.23. The predicted octanol–water partition coefficient (Wildman–Crippen LogP) is 0.723. The molecule has 1 saturated carbocycles. The Balaban J connectivity index is 1.79.